The molecule has 2 N–H and O–H groups in total. The molecule has 0 bridgehead atoms. The number of methoxy groups -OCH3 is 1. The van der Waals surface area contributed by atoms with E-state index in [9.17, 15) is 37.5 Å². The van der Waals surface area contributed by atoms with Crippen LogP contribution in [0.4, 0.5) is 18.9 Å². The first-order valence-corrected chi connectivity index (χ1v) is 15.9. The van der Waals surface area contributed by atoms with Crippen molar-refractivity contribution in [2.24, 2.45) is 0 Å². The number of carbonyl (C=O) groups is 4. The molecule has 0 aliphatic rings. The minimum absolute atomic E-state index is 0.00366. The summed E-state index contributed by atoms with van der Waals surface area (Å²) in [5.41, 5.74) is 0.0893. The van der Waals surface area contributed by atoms with Gasteiger partial charge < -0.3 is 24.8 Å². The van der Waals surface area contributed by atoms with Crippen molar-refractivity contribution in [3.05, 3.63) is 137 Å². The molecule has 0 unspecified atom stereocenters. The van der Waals surface area contributed by atoms with Crippen LogP contribution < -0.4 is 14.8 Å². The van der Waals surface area contributed by atoms with Gasteiger partial charge >= 0.3 is 18.1 Å². The Hall–Kier alpha value is -6.17. The van der Waals surface area contributed by atoms with Gasteiger partial charge in [0.2, 0.25) is 5.91 Å². The molecule has 0 fully saturated rings. The number of carboxylic acids is 1. The second-order valence-electron chi connectivity index (χ2n) is 10.9. The highest BCUT2D eigenvalue weighted by molar-refractivity contribution is 6.05. The van der Waals surface area contributed by atoms with Crippen molar-refractivity contribution in [1.29, 1.82) is 0 Å². The van der Waals surface area contributed by atoms with Crippen LogP contribution in [-0.4, -0.2) is 47.4 Å². The monoisotopic (exact) mass is 700 g/mol. The average Bonchev–Trinajstić information content (AvgIpc) is 3.12. The lowest BCUT2D eigenvalue weighted by Crippen LogP contribution is -2.35. The van der Waals surface area contributed by atoms with E-state index < -0.39 is 48.5 Å². The predicted molar refractivity (Wildman–Crippen MR) is 186 cm³/mol. The number of aliphatic carboxylic acids is 1. The molecule has 264 valence electrons. The van der Waals surface area contributed by atoms with Crippen LogP contribution in [0.1, 0.15) is 51.3 Å². The van der Waals surface area contributed by atoms with E-state index in [4.69, 9.17) is 9.47 Å². The van der Waals surface area contributed by atoms with Gasteiger partial charge in [-0.25, -0.2) is 4.79 Å². The molecule has 5 rings (SSSR count). The van der Waals surface area contributed by atoms with Gasteiger partial charge in [0.15, 0.2) is 0 Å². The number of nitrogens with zero attached hydrogens (tertiary/aromatic N) is 1. The highest BCUT2D eigenvalue weighted by Crippen LogP contribution is 2.35. The normalized spacial score (nSPS) is 10.8. The Kier molecular flexibility index (Phi) is 12.5. The summed E-state index contributed by atoms with van der Waals surface area (Å²) in [4.78, 5) is 51.5. The SMILES string of the molecule is CC.COc1ccc(CC(=O)Nc2ccc(C(=O)N(CC(=O)O)Cc3ccc(OC(=O)c4cccc5ccccc45)cc3)cc2)c(C(F)(F)F)c1. The molecule has 0 aromatic heterocycles. The van der Waals surface area contributed by atoms with Crippen LogP contribution in [0, 0.1) is 0 Å². The van der Waals surface area contributed by atoms with Gasteiger partial charge in [-0.3, -0.25) is 14.4 Å². The van der Waals surface area contributed by atoms with Gasteiger partial charge in [0.1, 0.15) is 18.0 Å². The summed E-state index contributed by atoms with van der Waals surface area (Å²) in [5, 5.41) is 13.6. The molecule has 5 aromatic carbocycles. The number of anilines is 1. The van der Waals surface area contributed by atoms with Crippen LogP contribution in [0.3, 0.4) is 0 Å². The molecule has 0 atom stereocenters. The number of rotatable bonds is 11. The van der Waals surface area contributed by atoms with E-state index in [2.05, 4.69) is 5.32 Å². The van der Waals surface area contributed by atoms with Crippen LogP contribution in [0.5, 0.6) is 11.5 Å². The van der Waals surface area contributed by atoms with E-state index in [1.54, 1.807) is 36.4 Å². The zero-order chi connectivity index (χ0) is 37.1. The van der Waals surface area contributed by atoms with Crippen molar-refractivity contribution in [1.82, 2.24) is 4.90 Å². The number of carbonyl (C=O) groups excluding carboxylic acids is 3. The lowest BCUT2D eigenvalue weighted by molar-refractivity contribution is -0.139. The van der Waals surface area contributed by atoms with E-state index in [0.717, 1.165) is 21.7 Å². The van der Waals surface area contributed by atoms with E-state index in [0.29, 0.717) is 11.1 Å². The first kappa shape index (κ1) is 37.6. The smallest absolute Gasteiger partial charge is 0.416 e. The Morgan fingerprint density at radius 3 is 2.10 bits per heavy atom. The van der Waals surface area contributed by atoms with Gasteiger partial charge in [0.05, 0.1) is 24.7 Å². The number of benzene rings is 5. The number of halogens is 3. The van der Waals surface area contributed by atoms with E-state index >= 15 is 0 Å². The fraction of sp³-hybridized carbons (Fsp3) is 0.179. The van der Waals surface area contributed by atoms with Crippen LogP contribution in [0.25, 0.3) is 10.8 Å². The summed E-state index contributed by atoms with van der Waals surface area (Å²) in [6, 6.07) is 27.9. The third-order valence-corrected chi connectivity index (χ3v) is 7.52. The Morgan fingerprint density at radius 2 is 1.45 bits per heavy atom. The molecule has 0 saturated carbocycles. The molecular formula is C39H35F3N2O7. The molecule has 9 nitrogen and oxygen atoms in total. The highest BCUT2D eigenvalue weighted by atomic mass is 19.4. The van der Waals surface area contributed by atoms with Crippen LogP contribution in [0.15, 0.2) is 109 Å². The minimum Gasteiger partial charge on any atom is -0.497 e. The lowest BCUT2D eigenvalue weighted by Gasteiger charge is -2.21. The molecule has 2 amide bonds. The molecule has 51 heavy (non-hydrogen) atoms. The minimum atomic E-state index is -4.69. The summed E-state index contributed by atoms with van der Waals surface area (Å²) in [6.07, 6.45) is -5.26. The topological polar surface area (TPSA) is 122 Å². The van der Waals surface area contributed by atoms with Crippen molar-refractivity contribution in [3.63, 3.8) is 0 Å². The van der Waals surface area contributed by atoms with Gasteiger partial charge in [-0.2, -0.15) is 13.2 Å². The number of nitrogens with one attached hydrogen (secondary N) is 1. The Bertz CT molecular complexity index is 2010. The van der Waals surface area contributed by atoms with Gasteiger partial charge in [0.25, 0.3) is 5.91 Å². The number of alkyl halides is 3. The van der Waals surface area contributed by atoms with Gasteiger partial charge in [-0.15, -0.1) is 0 Å². The summed E-state index contributed by atoms with van der Waals surface area (Å²) in [7, 11) is 1.24. The predicted octanol–water partition coefficient (Wildman–Crippen LogP) is 8.02. The highest BCUT2D eigenvalue weighted by Gasteiger charge is 2.34. The Morgan fingerprint density at radius 1 is 0.804 bits per heavy atom. The van der Waals surface area contributed by atoms with Gasteiger partial charge in [-0.1, -0.05) is 68.4 Å². The summed E-state index contributed by atoms with van der Waals surface area (Å²) in [6.45, 7) is 3.31. The number of ether oxygens (including phenoxy) is 2. The molecule has 0 aliphatic heterocycles. The Balaban J connectivity index is 0.00000286. The van der Waals surface area contributed by atoms with Crippen molar-refractivity contribution >= 4 is 40.2 Å². The zero-order valence-electron chi connectivity index (χ0n) is 28.0. The molecular weight excluding hydrogens is 665 g/mol. The summed E-state index contributed by atoms with van der Waals surface area (Å²) < 4.78 is 51.0. The molecule has 5 aromatic rings. The number of carboxylic acid groups (broad SMARTS) is 1. The second kappa shape index (κ2) is 17.0. The average molecular weight is 701 g/mol. The maximum Gasteiger partial charge on any atom is 0.416 e. The number of hydrogen-bond acceptors (Lipinski definition) is 6. The van der Waals surface area contributed by atoms with Crippen molar-refractivity contribution < 1.29 is 46.9 Å². The standard InChI is InChI=1S/C37H29F3N2O7.C2H6/c1-48-29-18-13-26(32(20-29)37(38,39)40)19-33(43)41-27-14-11-25(12-15-27)35(46)42(22-34(44)45)21-23-9-16-28(17-10-23)49-36(47)31-8-4-6-24-5-2-3-7-30(24)31;1-2/h2-18,20H,19,21-22H2,1H3,(H,41,43)(H,44,45);1-2H3. The van der Waals surface area contributed by atoms with Gasteiger partial charge in [0, 0.05) is 17.8 Å². The van der Waals surface area contributed by atoms with E-state index in [1.807, 2.05) is 44.2 Å². The first-order valence-electron chi connectivity index (χ1n) is 15.9. The van der Waals surface area contributed by atoms with Gasteiger partial charge in [-0.05, 0) is 76.5 Å². The number of esters is 1. The fourth-order valence-electron chi connectivity index (χ4n) is 5.17. The summed E-state index contributed by atoms with van der Waals surface area (Å²) in [5.74, 6) is -2.84. The third-order valence-electron chi connectivity index (χ3n) is 7.52. The molecule has 0 heterocycles. The quantitative estimate of drug-likeness (QED) is 0.106. The second-order valence-corrected chi connectivity index (χ2v) is 10.9. The molecule has 0 spiro atoms. The van der Waals surface area contributed by atoms with Crippen molar-refractivity contribution in [2.45, 2.75) is 33.0 Å². The third kappa shape index (κ3) is 9.94. The van der Waals surface area contributed by atoms with Crippen LogP contribution in [-0.2, 0) is 28.7 Å². The van der Waals surface area contributed by atoms with E-state index in [1.165, 1.54) is 43.5 Å². The molecule has 0 saturated heterocycles. The van der Waals surface area contributed by atoms with E-state index in [-0.39, 0.29) is 34.9 Å². The van der Waals surface area contributed by atoms with Crippen LogP contribution in [0.2, 0.25) is 0 Å². The maximum absolute atomic E-state index is 13.5. The maximum atomic E-state index is 13.5. The van der Waals surface area contributed by atoms with Crippen molar-refractivity contribution in [2.75, 3.05) is 19.0 Å². The van der Waals surface area contributed by atoms with Crippen molar-refractivity contribution in [3.8, 4) is 11.5 Å². The zero-order valence-corrected chi connectivity index (χ0v) is 28.0. The first-order chi connectivity index (χ1) is 24.4. The molecule has 12 heteroatoms. The number of amides is 2. The largest absolute Gasteiger partial charge is 0.497 e. The summed E-state index contributed by atoms with van der Waals surface area (Å²) >= 11 is 0. The van der Waals surface area contributed by atoms with Crippen LogP contribution >= 0.6 is 0 Å². The lowest BCUT2D eigenvalue weighted by atomic mass is 10.0. The Labute approximate surface area is 292 Å². The number of fused-ring (bicyclic) bond motifs is 1. The number of hydrogen-bond donors (Lipinski definition) is 2. The molecule has 0 radical (unpaired) electrons. The fourth-order valence-corrected chi connectivity index (χ4v) is 5.17. The molecule has 0 aliphatic carbocycles.